The Morgan fingerprint density at radius 2 is 1.67 bits per heavy atom. The summed E-state index contributed by atoms with van der Waals surface area (Å²) in [6.07, 6.45) is -4.63. The number of phenols is 1. The van der Waals surface area contributed by atoms with Gasteiger partial charge < -0.3 is 10.4 Å². The molecule has 0 radical (unpaired) electrons. The first kappa shape index (κ1) is 14.8. The summed E-state index contributed by atoms with van der Waals surface area (Å²) >= 11 is 0. The number of nitrogens with one attached hydrogen (secondary N) is 1. The van der Waals surface area contributed by atoms with E-state index in [0.29, 0.717) is 18.2 Å². The van der Waals surface area contributed by atoms with E-state index in [9.17, 15) is 22.4 Å². The predicted molar refractivity (Wildman–Crippen MR) is 67.5 cm³/mol. The molecule has 0 heterocycles. The third kappa shape index (κ3) is 3.50. The van der Waals surface area contributed by atoms with Gasteiger partial charge in [0.05, 0.1) is 11.3 Å². The van der Waals surface area contributed by atoms with E-state index < -0.39 is 29.2 Å². The SMILES string of the molecule is O=C(Nc1cc(C(F)(F)F)ccc1F)c1ccc(O)cc1. The van der Waals surface area contributed by atoms with Crippen LogP contribution in [0.3, 0.4) is 0 Å². The Hall–Kier alpha value is -2.57. The van der Waals surface area contributed by atoms with Crippen LogP contribution < -0.4 is 5.32 Å². The van der Waals surface area contributed by atoms with Gasteiger partial charge in [-0.3, -0.25) is 4.79 Å². The van der Waals surface area contributed by atoms with Gasteiger partial charge in [-0.1, -0.05) is 0 Å². The summed E-state index contributed by atoms with van der Waals surface area (Å²) in [4.78, 5) is 11.8. The molecule has 0 fully saturated rings. The molecule has 21 heavy (non-hydrogen) atoms. The summed E-state index contributed by atoms with van der Waals surface area (Å²) in [5, 5.41) is 11.1. The Kier molecular flexibility index (Phi) is 3.84. The summed E-state index contributed by atoms with van der Waals surface area (Å²) in [5.74, 6) is -1.83. The van der Waals surface area contributed by atoms with Crippen LogP contribution in [0.25, 0.3) is 0 Å². The lowest BCUT2D eigenvalue weighted by molar-refractivity contribution is -0.137. The minimum atomic E-state index is -4.63. The van der Waals surface area contributed by atoms with Gasteiger partial charge in [0.15, 0.2) is 0 Å². The Morgan fingerprint density at radius 1 is 1.05 bits per heavy atom. The number of hydrogen-bond acceptors (Lipinski definition) is 2. The molecule has 2 aromatic carbocycles. The van der Waals surface area contributed by atoms with Crippen LogP contribution in [-0.2, 0) is 6.18 Å². The van der Waals surface area contributed by atoms with Gasteiger partial charge in [0.25, 0.3) is 5.91 Å². The second-order valence-corrected chi connectivity index (χ2v) is 4.19. The van der Waals surface area contributed by atoms with Crippen molar-refractivity contribution < 1.29 is 27.5 Å². The first-order chi connectivity index (χ1) is 9.77. The maximum Gasteiger partial charge on any atom is 0.416 e. The third-order valence-corrected chi connectivity index (χ3v) is 2.67. The summed E-state index contributed by atoms with van der Waals surface area (Å²) in [7, 11) is 0. The highest BCUT2D eigenvalue weighted by Gasteiger charge is 2.31. The number of phenolic OH excluding ortho intramolecular Hbond substituents is 1. The first-order valence-electron chi connectivity index (χ1n) is 5.74. The summed E-state index contributed by atoms with van der Waals surface area (Å²) in [6, 6.07) is 6.73. The molecule has 0 atom stereocenters. The van der Waals surface area contributed by atoms with Crippen molar-refractivity contribution in [2.24, 2.45) is 0 Å². The van der Waals surface area contributed by atoms with E-state index in [4.69, 9.17) is 5.11 Å². The van der Waals surface area contributed by atoms with Crippen LogP contribution in [0.2, 0.25) is 0 Å². The van der Waals surface area contributed by atoms with Crippen LogP contribution in [0.1, 0.15) is 15.9 Å². The molecule has 0 spiro atoms. The lowest BCUT2D eigenvalue weighted by Crippen LogP contribution is -2.14. The summed E-state index contributed by atoms with van der Waals surface area (Å²) < 4.78 is 51.1. The summed E-state index contributed by atoms with van der Waals surface area (Å²) in [6.45, 7) is 0. The molecule has 2 aromatic rings. The fraction of sp³-hybridized carbons (Fsp3) is 0.0714. The Balaban J connectivity index is 2.26. The van der Waals surface area contributed by atoms with Gasteiger partial charge in [-0.2, -0.15) is 13.2 Å². The average Bonchev–Trinajstić information content (AvgIpc) is 2.40. The van der Waals surface area contributed by atoms with E-state index in [1.54, 1.807) is 0 Å². The molecule has 0 saturated carbocycles. The highest BCUT2D eigenvalue weighted by Crippen LogP contribution is 2.31. The second kappa shape index (κ2) is 5.43. The molecule has 3 nitrogen and oxygen atoms in total. The number of rotatable bonds is 2. The molecular weight excluding hydrogens is 290 g/mol. The van der Waals surface area contributed by atoms with Crippen molar-refractivity contribution in [3.8, 4) is 5.75 Å². The van der Waals surface area contributed by atoms with E-state index >= 15 is 0 Å². The van der Waals surface area contributed by atoms with Crippen molar-refractivity contribution >= 4 is 11.6 Å². The van der Waals surface area contributed by atoms with Gasteiger partial charge in [-0.05, 0) is 42.5 Å². The van der Waals surface area contributed by atoms with Crippen molar-refractivity contribution in [2.75, 3.05) is 5.32 Å². The van der Waals surface area contributed by atoms with Crippen molar-refractivity contribution in [3.05, 3.63) is 59.4 Å². The fourth-order valence-corrected chi connectivity index (χ4v) is 1.60. The molecule has 0 aliphatic rings. The molecular formula is C14H9F4NO2. The molecule has 0 unspecified atom stereocenters. The molecule has 110 valence electrons. The van der Waals surface area contributed by atoms with Crippen LogP contribution in [0.5, 0.6) is 5.75 Å². The zero-order chi connectivity index (χ0) is 15.6. The molecule has 7 heteroatoms. The molecule has 0 aliphatic heterocycles. The largest absolute Gasteiger partial charge is 0.508 e. The number of aromatic hydroxyl groups is 1. The molecule has 0 bridgehead atoms. The van der Waals surface area contributed by atoms with Crippen molar-refractivity contribution in [2.45, 2.75) is 6.18 Å². The van der Waals surface area contributed by atoms with Crippen LogP contribution in [-0.4, -0.2) is 11.0 Å². The Bertz CT molecular complexity index is 666. The quantitative estimate of drug-likeness (QED) is 0.829. The highest BCUT2D eigenvalue weighted by molar-refractivity contribution is 6.04. The van der Waals surface area contributed by atoms with E-state index in [2.05, 4.69) is 5.32 Å². The standard InChI is InChI=1S/C14H9F4NO2/c15-11-6-3-9(14(16,17)18)7-12(11)19-13(21)8-1-4-10(20)5-2-8/h1-7,20H,(H,19,21). The normalized spacial score (nSPS) is 11.2. The number of hydrogen-bond donors (Lipinski definition) is 2. The van der Waals surface area contributed by atoms with Crippen molar-refractivity contribution in [1.29, 1.82) is 0 Å². The van der Waals surface area contributed by atoms with E-state index in [1.165, 1.54) is 24.3 Å². The number of amides is 1. The monoisotopic (exact) mass is 299 g/mol. The smallest absolute Gasteiger partial charge is 0.416 e. The van der Waals surface area contributed by atoms with E-state index in [-0.39, 0.29) is 11.3 Å². The number of halogens is 4. The molecule has 1 amide bonds. The van der Waals surface area contributed by atoms with Crippen LogP contribution in [0.4, 0.5) is 23.2 Å². The lowest BCUT2D eigenvalue weighted by atomic mass is 10.1. The molecule has 0 aromatic heterocycles. The molecule has 0 aliphatic carbocycles. The topological polar surface area (TPSA) is 49.3 Å². The number of anilines is 1. The van der Waals surface area contributed by atoms with Crippen molar-refractivity contribution in [3.63, 3.8) is 0 Å². The Morgan fingerprint density at radius 3 is 2.24 bits per heavy atom. The maximum atomic E-state index is 13.5. The van der Waals surface area contributed by atoms with Crippen molar-refractivity contribution in [1.82, 2.24) is 0 Å². The highest BCUT2D eigenvalue weighted by atomic mass is 19.4. The van der Waals surface area contributed by atoms with Crippen LogP contribution >= 0.6 is 0 Å². The minimum Gasteiger partial charge on any atom is -0.508 e. The van der Waals surface area contributed by atoms with Gasteiger partial charge >= 0.3 is 6.18 Å². The third-order valence-electron chi connectivity index (χ3n) is 2.67. The minimum absolute atomic E-state index is 0.0724. The molecule has 2 N–H and O–H groups in total. The van der Waals surface area contributed by atoms with Gasteiger partial charge in [-0.15, -0.1) is 0 Å². The second-order valence-electron chi connectivity index (χ2n) is 4.19. The van der Waals surface area contributed by atoms with E-state index in [0.717, 1.165) is 0 Å². The maximum absolute atomic E-state index is 13.5. The predicted octanol–water partition coefficient (Wildman–Crippen LogP) is 3.80. The van der Waals surface area contributed by atoms with Gasteiger partial charge in [0.2, 0.25) is 0 Å². The van der Waals surface area contributed by atoms with E-state index in [1.807, 2.05) is 0 Å². The molecule has 2 rings (SSSR count). The summed E-state index contributed by atoms with van der Waals surface area (Å²) in [5.41, 5.74) is -1.56. The number of carbonyl (C=O) groups excluding carboxylic acids is 1. The van der Waals surface area contributed by atoms with Gasteiger partial charge in [0.1, 0.15) is 11.6 Å². The fourth-order valence-electron chi connectivity index (χ4n) is 1.60. The lowest BCUT2D eigenvalue weighted by Gasteiger charge is -2.11. The zero-order valence-electron chi connectivity index (χ0n) is 10.4. The molecule has 0 saturated heterocycles. The number of carbonyl (C=O) groups is 1. The average molecular weight is 299 g/mol. The van der Waals surface area contributed by atoms with Gasteiger partial charge in [-0.25, -0.2) is 4.39 Å². The number of alkyl halides is 3. The Labute approximate surface area is 116 Å². The van der Waals surface area contributed by atoms with Crippen LogP contribution in [0, 0.1) is 5.82 Å². The van der Waals surface area contributed by atoms with Gasteiger partial charge in [0, 0.05) is 5.56 Å². The first-order valence-corrected chi connectivity index (χ1v) is 5.74. The van der Waals surface area contributed by atoms with Crippen LogP contribution in [0.15, 0.2) is 42.5 Å². The zero-order valence-corrected chi connectivity index (χ0v) is 10.4. The number of benzene rings is 2.